The second kappa shape index (κ2) is 9.04. The molecule has 1 aliphatic carbocycles. The third-order valence-corrected chi connectivity index (χ3v) is 7.59. The molecule has 1 saturated carbocycles. The molecule has 6 heteroatoms. The molecule has 1 fully saturated rings. The summed E-state index contributed by atoms with van der Waals surface area (Å²) >= 11 is 0. The van der Waals surface area contributed by atoms with Gasteiger partial charge in [-0.3, -0.25) is 9.59 Å². The molecule has 29 heavy (non-hydrogen) atoms. The minimum absolute atomic E-state index is 0.0761. The van der Waals surface area contributed by atoms with Crippen molar-refractivity contribution in [1.82, 2.24) is 0 Å². The average Bonchev–Trinajstić information content (AvgIpc) is 3.24. The quantitative estimate of drug-likeness (QED) is 0.393. The van der Waals surface area contributed by atoms with Crippen LogP contribution in [0.3, 0.4) is 0 Å². The SMILES string of the molecule is COC(=O)C(C)(C(C)C(C)C1(C(=O)OCCOCCC#N)CC1(C)C)C(C)(C)C. The van der Waals surface area contributed by atoms with Gasteiger partial charge in [0.25, 0.3) is 0 Å². The van der Waals surface area contributed by atoms with E-state index in [1.807, 2.05) is 40.7 Å². The predicted octanol–water partition coefficient (Wildman–Crippen LogP) is 4.37. The van der Waals surface area contributed by atoms with Crippen LogP contribution < -0.4 is 0 Å². The van der Waals surface area contributed by atoms with E-state index >= 15 is 0 Å². The monoisotopic (exact) mass is 409 g/mol. The average molecular weight is 410 g/mol. The van der Waals surface area contributed by atoms with E-state index in [1.54, 1.807) is 0 Å². The van der Waals surface area contributed by atoms with Crippen LogP contribution in [0, 0.1) is 44.8 Å². The first-order chi connectivity index (χ1) is 13.2. The lowest BCUT2D eigenvalue weighted by atomic mass is 9.56. The third kappa shape index (κ3) is 4.60. The minimum atomic E-state index is -0.756. The normalized spacial score (nSPS) is 24.6. The molecule has 0 amide bonds. The Hall–Kier alpha value is -1.61. The van der Waals surface area contributed by atoms with E-state index in [0.29, 0.717) is 13.0 Å². The van der Waals surface area contributed by atoms with E-state index in [-0.39, 0.29) is 47.8 Å². The van der Waals surface area contributed by atoms with E-state index in [4.69, 9.17) is 19.5 Å². The summed E-state index contributed by atoms with van der Waals surface area (Å²) in [6, 6.07) is 2.01. The van der Waals surface area contributed by atoms with Crippen molar-refractivity contribution in [3.8, 4) is 6.07 Å². The number of ether oxygens (including phenoxy) is 3. The van der Waals surface area contributed by atoms with Crippen LogP contribution in [-0.2, 0) is 23.8 Å². The molecule has 6 nitrogen and oxygen atoms in total. The fourth-order valence-electron chi connectivity index (χ4n) is 4.82. The molecule has 4 atom stereocenters. The molecule has 0 N–H and O–H groups in total. The van der Waals surface area contributed by atoms with Gasteiger partial charge < -0.3 is 14.2 Å². The zero-order valence-electron chi connectivity index (χ0n) is 19.7. The maximum atomic E-state index is 13.1. The van der Waals surface area contributed by atoms with Crippen LogP contribution in [0.2, 0.25) is 0 Å². The van der Waals surface area contributed by atoms with Crippen LogP contribution in [-0.4, -0.2) is 38.9 Å². The van der Waals surface area contributed by atoms with Gasteiger partial charge in [-0.2, -0.15) is 5.26 Å². The number of methoxy groups -OCH3 is 1. The molecule has 0 aliphatic heterocycles. The van der Waals surface area contributed by atoms with Gasteiger partial charge >= 0.3 is 11.9 Å². The van der Waals surface area contributed by atoms with Gasteiger partial charge in [-0.05, 0) is 36.0 Å². The fourth-order valence-corrected chi connectivity index (χ4v) is 4.82. The lowest BCUT2D eigenvalue weighted by Crippen LogP contribution is -2.51. The van der Waals surface area contributed by atoms with E-state index in [2.05, 4.69) is 20.8 Å². The molecular formula is C23H39NO5. The van der Waals surface area contributed by atoms with Gasteiger partial charge in [-0.15, -0.1) is 0 Å². The minimum Gasteiger partial charge on any atom is -0.469 e. The first kappa shape index (κ1) is 25.4. The molecular weight excluding hydrogens is 370 g/mol. The second-order valence-corrected chi connectivity index (χ2v) is 10.2. The zero-order valence-corrected chi connectivity index (χ0v) is 19.7. The summed E-state index contributed by atoms with van der Waals surface area (Å²) in [4.78, 5) is 26.0. The number of rotatable bonds is 10. The lowest BCUT2D eigenvalue weighted by Gasteiger charge is -2.47. The van der Waals surface area contributed by atoms with Crippen LogP contribution in [0.5, 0.6) is 0 Å². The molecule has 0 spiro atoms. The van der Waals surface area contributed by atoms with Crippen LogP contribution in [0.1, 0.15) is 68.2 Å². The summed E-state index contributed by atoms with van der Waals surface area (Å²) in [5, 5.41) is 8.53. The maximum absolute atomic E-state index is 13.1. The van der Waals surface area contributed by atoms with Crippen molar-refractivity contribution < 1.29 is 23.8 Å². The van der Waals surface area contributed by atoms with Crippen molar-refractivity contribution in [2.24, 2.45) is 33.5 Å². The largest absolute Gasteiger partial charge is 0.469 e. The molecule has 0 aromatic carbocycles. The number of esters is 2. The van der Waals surface area contributed by atoms with E-state index in [0.717, 1.165) is 6.42 Å². The van der Waals surface area contributed by atoms with Crippen molar-refractivity contribution in [2.75, 3.05) is 26.9 Å². The van der Waals surface area contributed by atoms with Crippen molar-refractivity contribution in [1.29, 1.82) is 5.26 Å². The lowest BCUT2D eigenvalue weighted by molar-refractivity contribution is -0.171. The summed E-state index contributed by atoms with van der Waals surface area (Å²) in [5.41, 5.74) is -1.94. The third-order valence-electron chi connectivity index (χ3n) is 7.59. The van der Waals surface area contributed by atoms with Crippen molar-refractivity contribution >= 4 is 11.9 Å². The maximum Gasteiger partial charge on any atom is 0.313 e. The molecule has 1 rings (SSSR count). The molecule has 166 valence electrons. The summed E-state index contributed by atoms with van der Waals surface area (Å²) in [6.07, 6.45) is 1.04. The smallest absolute Gasteiger partial charge is 0.313 e. The number of hydrogen-bond donors (Lipinski definition) is 0. The van der Waals surface area contributed by atoms with Crippen molar-refractivity contribution in [2.45, 2.75) is 68.2 Å². The van der Waals surface area contributed by atoms with Crippen LogP contribution in [0.25, 0.3) is 0 Å². The Bertz CT molecular complexity index is 645. The molecule has 0 saturated heterocycles. The Morgan fingerprint density at radius 2 is 1.66 bits per heavy atom. The first-order valence-electron chi connectivity index (χ1n) is 10.4. The molecule has 0 aromatic rings. The van der Waals surface area contributed by atoms with Gasteiger partial charge in [-0.1, -0.05) is 48.5 Å². The van der Waals surface area contributed by atoms with Gasteiger partial charge in [0.1, 0.15) is 6.61 Å². The Morgan fingerprint density at radius 1 is 1.10 bits per heavy atom. The van der Waals surface area contributed by atoms with Gasteiger partial charge in [0, 0.05) is 0 Å². The highest BCUT2D eigenvalue weighted by Crippen LogP contribution is 2.71. The highest BCUT2D eigenvalue weighted by molar-refractivity contribution is 5.83. The topological polar surface area (TPSA) is 85.6 Å². The summed E-state index contributed by atoms with van der Waals surface area (Å²) in [7, 11) is 1.42. The van der Waals surface area contributed by atoms with E-state index < -0.39 is 10.8 Å². The van der Waals surface area contributed by atoms with E-state index in [9.17, 15) is 9.59 Å². The molecule has 0 radical (unpaired) electrons. The second-order valence-electron chi connectivity index (χ2n) is 10.2. The zero-order chi connectivity index (χ0) is 22.7. The molecule has 0 aromatic heterocycles. The Morgan fingerprint density at radius 3 is 2.07 bits per heavy atom. The highest BCUT2D eigenvalue weighted by Gasteiger charge is 2.72. The Kier molecular flexibility index (Phi) is 7.92. The van der Waals surface area contributed by atoms with Crippen LogP contribution >= 0.6 is 0 Å². The number of nitriles is 1. The number of carbonyl (C=O) groups is 2. The summed E-state index contributed by atoms with van der Waals surface area (Å²) < 4.78 is 16.1. The number of hydrogen-bond acceptors (Lipinski definition) is 6. The van der Waals surface area contributed by atoms with Crippen molar-refractivity contribution in [3.05, 3.63) is 0 Å². The Balaban J connectivity index is 3.02. The Labute approximate surface area is 176 Å². The number of nitrogens with zero attached hydrogens (tertiary/aromatic N) is 1. The fraction of sp³-hybridized carbons (Fsp3) is 0.870. The predicted molar refractivity (Wildman–Crippen MR) is 111 cm³/mol. The molecule has 4 unspecified atom stereocenters. The standard InChI is InChI=1S/C23H39NO5/c1-16(22(8,18(25)27-9)20(3,4)5)17(2)23(15-21(23,6)7)19(26)29-14-13-28-12-10-11-24/h16-17H,10,12-15H2,1-9H3. The summed E-state index contributed by atoms with van der Waals surface area (Å²) in [5.74, 6) is -0.659. The molecule has 0 heterocycles. The van der Waals surface area contributed by atoms with Crippen LogP contribution in [0.15, 0.2) is 0 Å². The number of carbonyl (C=O) groups excluding carboxylic acids is 2. The van der Waals surface area contributed by atoms with Gasteiger partial charge in [0.05, 0.1) is 43.6 Å². The van der Waals surface area contributed by atoms with Gasteiger partial charge in [0.15, 0.2) is 0 Å². The van der Waals surface area contributed by atoms with Gasteiger partial charge in [-0.25, -0.2) is 0 Å². The van der Waals surface area contributed by atoms with Gasteiger partial charge in [0.2, 0.25) is 0 Å². The van der Waals surface area contributed by atoms with Crippen molar-refractivity contribution in [3.63, 3.8) is 0 Å². The summed E-state index contributed by atoms with van der Waals surface area (Å²) in [6.45, 7) is 17.1. The highest BCUT2D eigenvalue weighted by atomic mass is 16.6. The molecule has 0 bridgehead atoms. The first-order valence-corrected chi connectivity index (χ1v) is 10.4. The van der Waals surface area contributed by atoms with E-state index in [1.165, 1.54) is 7.11 Å². The van der Waals surface area contributed by atoms with Crippen LogP contribution in [0.4, 0.5) is 0 Å². The molecule has 1 aliphatic rings.